The van der Waals surface area contributed by atoms with E-state index in [1.165, 1.54) is 0 Å². The molecule has 0 saturated heterocycles. The summed E-state index contributed by atoms with van der Waals surface area (Å²) in [5.41, 5.74) is 0. The number of hydrogen-bond donors (Lipinski definition) is 3. The van der Waals surface area contributed by atoms with Crippen molar-refractivity contribution in [3.8, 4) is 0 Å². The molecule has 5 heteroatoms. The Morgan fingerprint density at radius 1 is 1.50 bits per heavy atom. The summed E-state index contributed by atoms with van der Waals surface area (Å²) in [5.74, 6) is -1.97. The van der Waals surface area contributed by atoms with E-state index >= 15 is 0 Å². The van der Waals surface area contributed by atoms with E-state index in [4.69, 9.17) is 10.2 Å². The number of carboxylic acids is 1. The van der Waals surface area contributed by atoms with Crippen molar-refractivity contribution in [1.82, 2.24) is 5.32 Å². The number of rotatable bonds is 5. The second kappa shape index (κ2) is 4.41. The predicted octanol–water partition coefficient (Wildman–Crippen LogP) is -0.406. The molecule has 1 aliphatic carbocycles. The number of carboxylic acid groups (broad SMARTS) is 1. The van der Waals surface area contributed by atoms with E-state index in [2.05, 4.69) is 5.32 Å². The number of nitrogens with one attached hydrogen (secondary N) is 1. The predicted molar refractivity (Wildman–Crippen MR) is 48.5 cm³/mol. The molecule has 0 aromatic rings. The first kappa shape index (κ1) is 11.0. The zero-order chi connectivity index (χ0) is 10.7. The fraction of sp³-hybridized carbons (Fsp3) is 0.778. The summed E-state index contributed by atoms with van der Waals surface area (Å²) in [6, 6.07) is 0. The lowest BCUT2D eigenvalue weighted by Crippen LogP contribution is -2.28. The van der Waals surface area contributed by atoms with Crippen LogP contribution in [0, 0.1) is 11.8 Å². The minimum absolute atomic E-state index is 0.210. The van der Waals surface area contributed by atoms with Gasteiger partial charge in [-0.1, -0.05) is 0 Å². The van der Waals surface area contributed by atoms with Crippen LogP contribution in [0.4, 0.5) is 0 Å². The highest BCUT2D eigenvalue weighted by molar-refractivity contribution is 5.89. The summed E-state index contributed by atoms with van der Waals surface area (Å²) in [6.45, 7) is 2.04. The molecule has 3 atom stereocenters. The molecule has 3 N–H and O–H groups in total. The molecule has 0 spiro atoms. The van der Waals surface area contributed by atoms with Crippen LogP contribution in [0.5, 0.6) is 0 Å². The Morgan fingerprint density at radius 3 is 2.57 bits per heavy atom. The van der Waals surface area contributed by atoms with E-state index in [0.717, 1.165) is 0 Å². The van der Waals surface area contributed by atoms with Gasteiger partial charge in [0.1, 0.15) is 0 Å². The molecule has 5 nitrogen and oxygen atoms in total. The maximum absolute atomic E-state index is 11.2. The fourth-order valence-corrected chi connectivity index (χ4v) is 1.29. The van der Waals surface area contributed by atoms with E-state index in [-0.39, 0.29) is 11.8 Å². The van der Waals surface area contributed by atoms with Crippen molar-refractivity contribution >= 4 is 11.9 Å². The summed E-state index contributed by atoms with van der Waals surface area (Å²) in [6.07, 6.45) is 0.497. The van der Waals surface area contributed by atoms with E-state index in [1.807, 2.05) is 0 Å². The highest BCUT2D eigenvalue weighted by Gasteiger charge is 2.48. The summed E-state index contributed by atoms with van der Waals surface area (Å²) in [5, 5.41) is 20.1. The van der Waals surface area contributed by atoms with Crippen LogP contribution in [0.15, 0.2) is 0 Å². The second-order valence-electron chi connectivity index (χ2n) is 3.72. The lowest BCUT2D eigenvalue weighted by molar-refractivity contribution is -0.140. The Morgan fingerprint density at radius 2 is 2.14 bits per heavy atom. The van der Waals surface area contributed by atoms with Gasteiger partial charge in [-0.05, 0) is 19.8 Å². The Hall–Kier alpha value is -1.10. The van der Waals surface area contributed by atoms with Crippen LogP contribution < -0.4 is 5.32 Å². The van der Waals surface area contributed by atoms with Crippen molar-refractivity contribution in [3.63, 3.8) is 0 Å². The average Bonchev–Trinajstić information content (AvgIpc) is 2.81. The van der Waals surface area contributed by atoms with Gasteiger partial charge in [-0.2, -0.15) is 0 Å². The molecule has 0 aliphatic heterocycles. The molecule has 0 bridgehead atoms. The lowest BCUT2D eigenvalue weighted by Gasteiger charge is -2.05. The molecule has 1 saturated carbocycles. The van der Waals surface area contributed by atoms with Crippen molar-refractivity contribution in [2.75, 3.05) is 6.54 Å². The van der Waals surface area contributed by atoms with Crippen LogP contribution in [-0.4, -0.2) is 34.7 Å². The summed E-state index contributed by atoms with van der Waals surface area (Å²) in [4.78, 5) is 21.7. The van der Waals surface area contributed by atoms with Gasteiger partial charge in [0.2, 0.25) is 5.91 Å². The number of aliphatic carboxylic acids is 1. The summed E-state index contributed by atoms with van der Waals surface area (Å²) < 4.78 is 0. The van der Waals surface area contributed by atoms with E-state index < -0.39 is 18.0 Å². The molecule has 1 amide bonds. The van der Waals surface area contributed by atoms with Crippen molar-refractivity contribution in [2.45, 2.75) is 25.9 Å². The maximum Gasteiger partial charge on any atom is 0.307 e. The summed E-state index contributed by atoms with van der Waals surface area (Å²) in [7, 11) is 0. The Bertz CT molecular complexity index is 239. The van der Waals surface area contributed by atoms with Crippen molar-refractivity contribution in [3.05, 3.63) is 0 Å². The van der Waals surface area contributed by atoms with Crippen LogP contribution >= 0.6 is 0 Å². The molecular formula is C9H15NO4. The van der Waals surface area contributed by atoms with Crippen molar-refractivity contribution in [1.29, 1.82) is 0 Å². The van der Waals surface area contributed by atoms with Crippen LogP contribution in [0.1, 0.15) is 19.8 Å². The molecule has 0 aromatic carbocycles. The lowest BCUT2D eigenvalue weighted by atomic mass is 10.2. The van der Waals surface area contributed by atoms with Crippen LogP contribution in [0.25, 0.3) is 0 Å². The van der Waals surface area contributed by atoms with Gasteiger partial charge in [-0.3, -0.25) is 9.59 Å². The van der Waals surface area contributed by atoms with Gasteiger partial charge in [0.25, 0.3) is 0 Å². The Labute approximate surface area is 82.1 Å². The molecule has 1 aliphatic rings. The number of carbonyl (C=O) groups excluding carboxylic acids is 1. The van der Waals surface area contributed by atoms with Crippen molar-refractivity contribution in [2.24, 2.45) is 11.8 Å². The third-order valence-corrected chi connectivity index (χ3v) is 2.31. The molecule has 0 radical (unpaired) electrons. The quantitative estimate of drug-likeness (QED) is 0.564. The molecule has 0 heterocycles. The van der Waals surface area contributed by atoms with E-state index in [1.54, 1.807) is 6.92 Å². The molecule has 1 rings (SSSR count). The van der Waals surface area contributed by atoms with Crippen molar-refractivity contribution < 1.29 is 19.8 Å². The normalized spacial score (nSPS) is 26.7. The first-order valence-electron chi connectivity index (χ1n) is 4.71. The molecule has 1 fully saturated rings. The number of aliphatic hydroxyl groups is 1. The molecule has 0 aromatic heterocycles. The zero-order valence-corrected chi connectivity index (χ0v) is 8.06. The van der Waals surface area contributed by atoms with Gasteiger partial charge >= 0.3 is 5.97 Å². The van der Waals surface area contributed by atoms with E-state index in [0.29, 0.717) is 19.4 Å². The van der Waals surface area contributed by atoms with Crippen LogP contribution in [-0.2, 0) is 9.59 Å². The molecule has 14 heavy (non-hydrogen) atoms. The van der Waals surface area contributed by atoms with Gasteiger partial charge in [0.05, 0.1) is 17.9 Å². The fourth-order valence-electron chi connectivity index (χ4n) is 1.29. The van der Waals surface area contributed by atoms with Crippen LogP contribution in [0.2, 0.25) is 0 Å². The topological polar surface area (TPSA) is 86.6 Å². The van der Waals surface area contributed by atoms with Gasteiger partial charge in [0.15, 0.2) is 0 Å². The monoisotopic (exact) mass is 201 g/mol. The SMILES string of the molecule is CC(O)CCNC(=O)[C@@H]1C[C@@H]1C(=O)O. The van der Waals surface area contributed by atoms with E-state index in [9.17, 15) is 9.59 Å². The number of hydrogen-bond acceptors (Lipinski definition) is 3. The zero-order valence-electron chi connectivity index (χ0n) is 8.06. The largest absolute Gasteiger partial charge is 0.481 e. The average molecular weight is 201 g/mol. The molecule has 1 unspecified atom stereocenters. The minimum Gasteiger partial charge on any atom is -0.481 e. The van der Waals surface area contributed by atoms with Gasteiger partial charge in [-0.25, -0.2) is 0 Å². The number of aliphatic hydroxyl groups excluding tert-OH is 1. The molecular weight excluding hydrogens is 186 g/mol. The number of carbonyl (C=O) groups is 2. The third-order valence-electron chi connectivity index (χ3n) is 2.31. The maximum atomic E-state index is 11.2. The Kier molecular flexibility index (Phi) is 3.46. The van der Waals surface area contributed by atoms with Gasteiger partial charge in [-0.15, -0.1) is 0 Å². The highest BCUT2D eigenvalue weighted by atomic mass is 16.4. The highest BCUT2D eigenvalue weighted by Crippen LogP contribution is 2.38. The number of amides is 1. The standard InChI is InChI=1S/C9H15NO4/c1-5(11)2-3-10-8(12)6-4-7(6)9(13)14/h5-7,11H,2-4H2,1H3,(H,10,12)(H,13,14)/t5?,6-,7+/m1/s1. The van der Waals surface area contributed by atoms with Gasteiger partial charge in [0, 0.05) is 6.54 Å². The Balaban J connectivity index is 2.15. The minimum atomic E-state index is -0.902. The first-order valence-corrected chi connectivity index (χ1v) is 4.71. The smallest absolute Gasteiger partial charge is 0.307 e. The van der Waals surface area contributed by atoms with Crippen LogP contribution in [0.3, 0.4) is 0 Å². The molecule has 80 valence electrons. The second-order valence-corrected chi connectivity index (χ2v) is 3.72. The van der Waals surface area contributed by atoms with Gasteiger partial charge < -0.3 is 15.5 Å². The third kappa shape index (κ3) is 2.99. The summed E-state index contributed by atoms with van der Waals surface area (Å²) >= 11 is 0. The first-order chi connectivity index (χ1) is 6.52.